The molecule has 2 heterocycles. The molecule has 0 bridgehead atoms. The minimum Gasteiger partial charge on any atom is -0.0623 e. The smallest absolute Gasteiger partial charge is 0.0623 e. The minimum atomic E-state index is -2.93. The summed E-state index contributed by atoms with van der Waals surface area (Å²) in [6, 6.07) is 117. The van der Waals surface area contributed by atoms with E-state index in [1.54, 1.807) is 0 Å². The first-order valence-electron chi connectivity index (χ1n) is 28.1. The van der Waals surface area contributed by atoms with Crippen LogP contribution in [0.15, 0.2) is 303 Å². The van der Waals surface area contributed by atoms with Gasteiger partial charge in [0.15, 0.2) is 16.1 Å². The summed E-state index contributed by atoms with van der Waals surface area (Å²) in [5.74, 6) is 0. The second kappa shape index (κ2) is 17.4. The molecule has 0 saturated heterocycles. The normalized spacial score (nSPS) is 13.7. The number of hydrogen-bond donors (Lipinski definition) is 0. The van der Waals surface area contributed by atoms with E-state index in [0.29, 0.717) is 0 Å². The molecule has 80 heavy (non-hydrogen) atoms. The summed E-state index contributed by atoms with van der Waals surface area (Å²) < 4.78 is 0. The summed E-state index contributed by atoms with van der Waals surface area (Å²) in [5, 5.41) is 24.2. The fourth-order valence-electron chi connectivity index (χ4n) is 15.4. The van der Waals surface area contributed by atoms with Gasteiger partial charge in [-0.2, -0.15) is 0 Å². The number of benzene rings is 15. The Kier molecular flexibility index (Phi) is 9.86. The van der Waals surface area contributed by atoms with Crippen LogP contribution in [0, 0.1) is 0 Å². The quantitative estimate of drug-likeness (QED) is 0.0848. The third-order valence-electron chi connectivity index (χ3n) is 18.3. The highest BCUT2D eigenvalue weighted by atomic mass is 28.3. The van der Waals surface area contributed by atoms with Crippen LogP contribution in [0.25, 0.3) is 109 Å². The van der Waals surface area contributed by atoms with E-state index < -0.39 is 16.1 Å². The Bertz CT molecular complexity index is 4670. The molecule has 0 atom stereocenters. The summed E-state index contributed by atoms with van der Waals surface area (Å²) >= 11 is 0. The van der Waals surface area contributed by atoms with Crippen molar-refractivity contribution in [2.24, 2.45) is 0 Å². The Labute approximate surface area is 467 Å². The van der Waals surface area contributed by atoms with E-state index in [-0.39, 0.29) is 0 Å². The maximum absolute atomic E-state index is 2.93. The molecule has 15 aromatic rings. The average Bonchev–Trinajstić information content (AvgIpc) is 4.04. The lowest BCUT2D eigenvalue weighted by molar-refractivity contribution is 1.65. The lowest BCUT2D eigenvalue weighted by atomic mass is 9.83. The Hall–Kier alpha value is -9.71. The van der Waals surface area contributed by atoms with Gasteiger partial charge in [-0.1, -0.05) is 291 Å². The third kappa shape index (κ3) is 6.09. The molecule has 0 nitrogen and oxygen atoms in total. The molecule has 17 rings (SSSR count). The molecule has 370 valence electrons. The first-order valence-corrected chi connectivity index (χ1v) is 32.1. The van der Waals surface area contributed by atoms with E-state index in [9.17, 15) is 0 Å². The average molecular weight is 1040 g/mol. The van der Waals surface area contributed by atoms with Crippen LogP contribution >= 0.6 is 0 Å². The molecule has 0 radical (unpaired) electrons. The third-order valence-corrected chi connectivity index (χ3v) is 28.2. The van der Waals surface area contributed by atoms with Gasteiger partial charge in [0.05, 0.1) is 0 Å². The molecule has 0 aliphatic carbocycles. The van der Waals surface area contributed by atoms with Crippen LogP contribution in [0.4, 0.5) is 0 Å². The van der Waals surface area contributed by atoms with Gasteiger partial charge in [0, 0.05) is 0 Å². The van der Waals surface area contributed by atoms with Gasteiger partial charge in [0.25, 0.3) is 0 Å². The van der Waals surface area contributed by atoms with Crippen LogP contribution in [0.2, 0.25) is 0 Å². The maximum Gasteiger partial charge on any atom is 0.181 e. The largest absolute Gasteiger partial charge is 0.181 e. The second-order valence-corrected chi connectivity index (χ2v) is 29.4. The molecule has 0 aromatic heterocycles. The van der Waals surface area contributed by atoms with Crippen LogP contribution < -0.4 is 41.5 Å². The van der Waals surface area contributed by atoms with Crippen molar-refractivity contribution in [3.8, 4) is 55.6 Å². The van der Waals surface area contributed by atoms with Crippen LogP contribution in [0.3, 0.4) is 0 Å². The topological polar surface area (TPSA) is 0 Å². The number of rotatable bonds is 7. The Morgan fingerprint density at radius 2 is 0.525 bits per heavy atom. The molecule has 0 unspecified atom stereocenters. The monoisotopic (exact) mass is 1040 g/mol. The van der Waals surface area contributed by atoms with Crippen LogP contribution in [-0.2, 0) is 0 Å². The number of hydrogen-bond acceptors (Lipinski definition) is 0. The lowest BCUT2D eigenvalue weighted by Gasteiger charge is -2.33. The van der Waals surface area contributed by atoms with E-state index in [1.807, 2.05) is 0 Å². The van der Waals surface area contributed by atoms with Gasteiger partial charge in [0.1, 0.15) is 0 Å². The highest BCUT2D eigenvalue weighted by Gasteiger charge is 2.51. The Balaban J connectivity index is 1.04. The van der Waals surface area contributed by atoms with Crippen LogP contribution in [-0.4, -0.2) is 16.1 Å². The fraction of sp³-hybridized carbons (Fsp3) is 0. The van der Waals surface area contributed by atoms with Gasteiger partial charge in [-0.3, -0.25) is 0 Å². The molecular formula is C78H50Si2. The van der Waals surface area contributed by atoms with E-state index in [4.69, 9.17) is 0 Å². The zero-order valence-corrected chi connectivity index (χ0v) is 45.9. The zero-order chi connectivity index (χ0) is 52.5. The first-order chi connectivity index (χ1) is 39.7. The van der Waals surface area contributed by atoms with Crippen molar-refractivity contribution < 1.29 is 0 Å². The number of fused-ring (bicyclic) bond motifs is 8. The van der Waals surface area contributed by atoms with Gasteiger partial charge in [0.2, 0.25) is 0 Å². The van der Waals surface area contributed by atoms with E-state index >= 15 is 0 Å². The van der Waals surface area contributed by atoms with Crippen molar-refractivity contribution >= 4 is 112 Å². The van der Waals surface area contributed by atoms with Crippen LogP contribution in [0.5, 0.6) is 0 Å². The van der Waals surface area contributed by atoms with Crippen molar-refractivity contribution in [3.63, 3.8) is 0 Å². The lowest BCUT2D eigenvalue weighted by Crippen LogP contribution is -2.73. The van der Waals surface area contributed by atoms with Gasteiger partial charge in [-0.05, 0) is 163 Å². The minimum absolute atomic E-state index is 1.25. The molecule has 0 N–H and O–H groups in total. The molecule has 0 fully saturated rings. The van der Waals surface area contributed by atoms with Crippen molar-refractivity contribution in [1.82, 2.24) is 0 Å². The van der Waals surface area contributed by atoms with Crippen molar-refractivity contribution in [1.29, 1.82) is 0 Å². The molecule has 15 aromatic carbocycles. The van der Waals surface area contributed by atoms with Crippen molar-refractivity contribution in [3.05, 3.63) is 303 Å². The Morgan fingerprint density at radius 1 is 0.188 bits per heavy atom. The van der Waals surface area contributed by atoms with Crippen LogP contribution in [0.1, 0.15) is 0 Å². The Morgan fingerprint density at radius 3 is 1.00 bits per heavy atom. The molecule has 0 spiro atoms. The second-order valence-electron chi connectivity index (χ2n) is 22.0. The summed E-state index contributed by atoms with van der Waals surface area (Å²) in [6.45, 7) is 0. The fourth-order valence-corrected chi connectivity index (χ4v) is 26.1. The molecular weight excluding hydrogens is 993 g/mol. The predicted octanol–water partition coefficient (Wildman–Crippen LogP) is 14.6. The van der Waals surface area contributed by atoms with Gasteiger partial charge in [-0.15, -0.1) is 0 Å². The maximum atomic E-state index is 2.60. The predicted molar refractivity (Wildman–Crippen MR) is 347 cm³/mol. The van der Waals surface area contributed by atoms with Gasteiger partial charge < -0.3 is 0 Å². The highest BCUT2D eigenvalue weighted by Crippen LogP contribution is 2.49. The van der Waals surface area contributed by atoms with Crippen molar-refractivity contribution in [2.75, 3.05) is 0 Å². The van der Waals surface area contributed by atoms with Gasteiger partial charge in [-0.25, -0.2) is 0 Å². The van der Waals surface area contributed by atoms with E-state index in [2.05, 4.69) is 303 Å². The SMILES string of the molecule is c1ccc([Si]2(c3ccccc3)c3ccccc3-c3cccc(-c4cccc5c(-c6cc7cccc8ccc9cccc6c9c87)c6cccc(-c7cccc8c7[Si](c7ccccc7)(c7ccccc7)c7ccccc7-8)c6cc45)c32)cc1. The molecule has 2 aliphatic heterocycles. The first kappa shape index (κ1) is 45.3. The summed E-state index contributed by atoms with van der Waals surface area (Å²) in [4.78, 5) is 0. The molecule has 2 heteroatoms. The molecule has 0 saturated carbocycles. The standard InChI is InChI=1S/C78H50Si2/c1-5-26-54(27-6-1)79(55-28-7-2-8-29-55)72-45-15-13-34-60(72)67-43-21-41-65(77(67)79)58-36-19-39-62-69(58)50-70-59(37-20-40-63(70)76(62)71-49-53-25-17-23-51-47-48-52-24-18-38-64(71)75(52)74(51)53)66-42-22-44-68-61-35-14-16-46-73(61)80(78(66)68,56-30-9-3-10-31-56)57-32-11-4-12-33-57/h1-50H. The summed E-state index contributed by atoms with van der Waals surface area (Å²) in [5.41, 5.74) is 13.0. The molecule has 2 aliphatic rings. The zero-order valence-electron chi connectivity index (χ0n) is 43.9. The van der Waals surface area contributed by atoms with E-state index in [0.717, 1.165) is 0 Å². The highest BCUT2D eigenvalue weighted by molar-refractivity contribution is 7.23. The molecule has 0 amide bonds. The van der Waals surface area contributed by atoms with Crippen molar-refractivity contribution in [2.45, 2.75) is 0 Å². The summed E-state index contributed by atoms with van der Waals surface area (Å²) in [6.07, 6.45) is 0. The summed E-state index contributed by atoms with van der Waals surface area (Å²) in [7, 11) is -5.87. The van der Waals surface area contributed by atoms with E-state index in [1.165, 1.54) is 151 Å². The van der Waals surface area contributed by atoms with Gasteiger partial charge >= 0.3 is 0 Å².